The Morgan fingerprint density at radius 1 is 1.08 bits per heavy atom. The molecule has 1 fully saturated rings. The normalized spacial score (nSPS) is 16.3. The third kappa shape index (κ3) is 4.09. The summed E-state index contributed by atoms with van der Waals surface area (Å²) >= 11 is 0. The van der Waals surface area contributed by atoms with E-state index in [1.807, 2.05) is 35.2 Å². The first-order valence-electron chi connectivity index (χ1n) is 8.42. The topological polar surface area (TPSA) is 73.8 Å². The number of carbonyl (C=O) groups is 1. The molecule has 1 aliphatic heterocycles. The summed E-state index contributed by atoms with van der Waals surface area (Å²) in [6, 6.07) is 12.6. The van der Waals surface area contributed by atoms with E-state index in [0.29, 0.717) is 26.2 Å². The fourth-order valence-electron chi connectivity index (χ4n) is 2.87. The van der Waals surface area contributed by atoms with Crippen LogP contribution in [0, 0.1) is 0 Å². The van der Waals surface area contributed by atoms with Crippen LogP contribution in [0.1, 0.15) is 0 Å². The van der Waals surface area contributed by atoms with E-state index < -0.39 is 10.0 Å². The minimum Gasteiger partial charge on any atom is -0.314 e. The molecule has 1 saturated heterocycles. The highest BCUT2D eigenvalue weighted by Crippen LogP contribution is 2.17. The molecule has 0 aliphatic carbocycles. The Bertz CT molecular complexity index is 835. The zero-order valence-electron chi connectivity index (χ0n) is 14.7. The van der Waals surface area contributed by atoms with E-state index in [0.717, 1.165) is 5.69 Å². The maximum atomic E-state index is 12.6. The molecule has 0 saturated carbocycles. The van der Waals surface area contributed by atoms with Gasteiger partial charge in [-0.3, -0.25) is 14.7 Å². The van der Waals surface area contributed by atoms with Crippen molar-refractivity contribution in [3.8, 4) is 0 Å². The summed E-state index contributed by atoms with van der Waals surface area (Å²) in [5, 5.41) is 0. The van der Waals surface area contributed by atoms with Crippen LogP contribution in [0.25, 0.3) is 0 Å². The summed E-state index contributed by atoms with van der Waals surface area (Å²) in [4.78, 5) is 20.1. The van der Waals surface area contributed by atoms with Crippen LogP contribution in [0.3, 0.4) is 0 Å². The highest BCUT2D eigenvalue weighted by atomic mass is 32.2. The number of carbonyl (C=O) groups excluding carboxylic acids is 1. The summed E-state index contributed by atoms with van der Waals surface area (Å²) in [6.45, 7) is 2.03. The highest BCUT2D eigenvalue weighted by Gasteiger charge is 2.29. The molecule has 2 aromatic rings. The molecule has 138 valence electrons. The summed E-state index contributed by atoms with van der Waals surface area (Å²) in [5.41, 5.74) is 0.843. The molecule has 0 N–H and O–H groups in total. The number of sulfonamides is 1. The van der Waals surface area contributed by atoms with Crippen LogP contribution in [0.5, 0.6) is 0 Å². The Kier molecular flexibility index (Phi) is 5.65. The third-order valence-corrected chi connectivity index (χ3v) is 6.36. The molecule has 7 nitrogen and oxygen atoms in total. The molecule has 0 bridgehead atoms. The van der Waals surface area contributed by atoms with Crippen molar-refractivity contribution in [2.75, 3.05) is 44.7 Å². The fourth-order valence-corrected chi connectivity index (χ4v) is 4.26. The molecule has 1 aliphatic rings. The van der Waals surface area contributed by atoms with Crippen molar-refractivity contribution in [1.29, 1.82) is 0 Å². The van der Waals surface area contributed by atoms with Crippen LogP contribution in [-0.4, -0.2) is 68.3 Å². The van der Waals surface area contributed by atoms with Gasteiger partial charge in [0.1, 0.15) is 4.90 Å². The predicted octanol–water partition coefficient (Wildman–Crippen LogP) is 1.05. The van der Waals surface area contributed by atoms with Crippen molar-refractivity contribution < 1.29 is 13.2 Å². The van der Waals surface area contributed by atoms with E-state index in [9.17, 15) is 13.2 Å². The van der Waals surface area contributed by atoms with Crippen molar-refractivity contribution in [3.05, 3.63) is 54.9 Å². The van der Waals surface area contributed by atoms with Gasteiger partial charge in [0.05, 0.1) is 6.54 Å². The third-order valence-electron chi connectivity index (χ3n) is 4.48. The number of aromatic nitrogens is 1. The lowest BCUT2D eigenvalue weighted by atomic mass is 10.3. The van der Waals surface area contributed by atoms with Gasteiger partial charge in [0.2, 0.25) is 15.9 Å². The maximum absolute atomic E-state index is 12.6. The van der Waals surface area contributed by atoms with Gasteiger partial charge in [-0.25, -0.2) is 8.42 Å². The monoisotopic (exact) mass is 374 g/mol. The Labute approximate surface area is 153 Å². The van der Waals surface area contributed by atoms with Crippen molar-refractivity contribution in [3.63, 3.8) is 0 Å². The quantitative estimate of drug-likeness (QED) is 0.782. The standard InChI is InChI=1S/C18H22N4O3S/c1-20(16-6-3-2-4-7-16)18(23)15-21-10-12-22(13-11-21)26(24,25)17-8-5-9-19-14-17/h2-9,14H,10-13,15H2,1H3. The van der Waals surface area contributed by atoms with E-state index in [4.69, 9.17) is 0 Å². The van der Waals surface area contributed by atoms with Crippen molar-refractivity contribution in [1.82, 2.24) is 14.2 Å². The van der Waals surface area contributed by atoms with E-state index in [1.165, 1.54) is 10.5 Å². The van der Waals surface area contributed by atoms with Crippen LogP contribution in [0.2, 0.25) is 0 Å². The number of anilines is 1. The molecule has 1 amide bonds. The van der Waals surface area contributed by atoms with Crippen molar-refractivity contribution in [2.45, 2.75) is 4.90 Å². The van der Waals surface area contributed by atoms with Gasteiger partial charge in [0.25, 0.3) is 0 Å². The summed E-state index contributed by atoms with van der Waals surface area (Å²) < 4.78 is 26.7. The molecule has 0 radical (unpaired) electrons. The van der Waals surface area contributed by atoms with E-state index in [-0.39, 0.29) is 17.3 Å². The van der Waals surface area contributed by atoms with Crippen LogP contribution in [0.15, 0.2) is 59.8 Å². The van der Waals surface area contributed by atoms with Gasteiger partial charge in [-0.1, -0.05) is 18.2 Å². The Balaban J connectivity index is 1.56. The molecule has 26 heavy (non-hydrogen) atoms. The molecule has 0 spiro atoms. The number of nitrogens with zero attached hydrogens (tertiary/aromatic N) is 4. The van der Waals surface area contributed by atoms with E-state index in [1.54, 1.807) is 30.3 Å². The molecule has 1 aromatic carbocycles. The molecule has 0 unspecified atom stereocenters. The van der Waals surface area contributed by atoms with Crippen LogP contribution in [-0.2, 0) is 14.8 Å². The number of hydrogen-bond acceptors (Lipinski definition) is 5. The lowest BCUT2D eigenvalue weighted by molar-refractivity contribution is -0.119. The average molecular weight is 374 g/mol. The predicted molar refractivity (Wildman–Crippen MR) is 99.3 cm³/mol. The van der Waals surface area contributed by atoms with Crippen molar-refractivity contribution >= 4 is 21.6 Å². The summed E-state index contributed by atoms with van der Waals surface area (Å²) in [6.07, 6.45) is 2.91. The van der Waals surface area contributed by atoms with Gasteiger partial charge in [0.15, 0.2) is 0 Å². The number of hydrogen-bond donors (Lipinski definition) is 0. The van der Waals surface area contributed by atoms with E-state index >= 15 is 0 Å². The molecule has 1 aromatic heterocycles. The maximum Gasteiger partial charge on any atom is 0.244 e. The number of para-hydroxylation sites is 1. The molecule has 2 heterocycles. The van der Waals surface area contributed by atoms with Crippen molar-refractivity contribution in [2.24, 2.45) is 0 Å². The number of amides is 1. The second-order valence-corrected chi connectivity index (χ2v) is 8.10. The first-order chi connectivity index (χ1) is 12.5. The minimum atomic E-state index is -3.52. The first kappa shape index (κ1) is 18.5. The summed E-state index contributed by atoms with van der Waals surface area (Å²) in [7, 11) is -1.77. The van der Waals surface area contributed by atoms with Gasteiger partial charge < -0.3 is 4.90 Å². The largest absolute Gasteiger partial charge is 0.314 e. The van der Waals surface area contributed by atoms with Crippen LogP contribution < -0.4 is 4.90 Å². The Morgan fingerprint density at radius 3 is 2.38 bits per heavy atom. The zero-order valence-corrected chi connectivity index (χ0v) is 15.5. The van der Waals surface area contributed by atoms with Gasteiger partial charge in [-0.15, -0.1) is 0 Å². The molecule has 8 heteroatoms. The number of piperazine rings is 1. The van der Waals surface area contributed by atoms with E-state index in [2.05, 4.69) is 4.98 Å². The number of pyridine rings is 1. The van der Waals surface area contributed by atoms with Gasteiger partial charge in [0, 0.05) is 51.3 Å². The molecule has 3 rings (SSSR count). The van der Waals surface area contributed by atoms with Crippen LogP contribution >= 0.6 is 0 Å². The Hall–Kier alpha value is -2.29. The average Bonchev–Trinajstić information content (AvgIpc) is 2.69. The number of rotatable bonds is 5. The Morgan fingerprint density at radius 2 is 1.77 bits per heavy atom. The van der Waals surface area contributed by atoms with Gasteiger partial charge in [-0.05, 0) is 24.3 Å². The minimum absolute atomic E-state index is 0.0141. The molecule has 0 atom stereocenters. The zero-order chi connectivity index (χ0) is 18.6. The SMILES string of the molecule is CN(C(=O)CN1CCN(S(=O)(=O)c2cccnc2)CC1)c1ccccc1. The number of benzene rings is 1. The smallest absolute Gasteiger partial charge is 0.244 e. The van der Waals surface area contributed by atoms with Crippen LogP contribution in [0.4, 0.5) is 5.69 Å². The lowest BCUT2D eigenvalue weighted by Crippen LogP contribution is -2.51. The second kappa shape index (κ2) is 7.94. The van der Waals surface area contributed by atoms with Gasteiger partial charge in [-0.2, -0.15) is 4.31 Å². The summed E-state index contributed by atoms with van der Waals surface area (Å²) in [5.74, 6) is -0.0141. The fraction of sp³-hybridized carbons (Fsp3) is 0.333. The highest BCUT2D eigenvalue weighted by molar-refractivity contribution is 7.89. The van der Waals surface area contributed by atoms with Gasteiger partial charge >= 0.3 is 0 Å². The molecular weight excluding hydrogens is 352 g/mol. The molecular formula is C18H22N4O3S. The second-order valence-electron chi connectivity index (χ2n) is 6.16. The first-order valence-corrected chi connectivity index (χ1v) is 9.86. The number of likely N-dealkylation sites (N-methyl/N-ethyl adjacent to an activating group) is 1. The lowest BCUT2D eigenvalue weighted by Gasteiger charge is -2.34.